The lowest BCUT2D eigenvalue weighted by atomic mass is 10.1. The molecule has 0 bridgehead atoms. The van der Waals surface area contributed by atoms with E-state index in [9.17, 15) is 28.2 Å². The van der Waals surface area contributed by atoms with Gasteiger partial charge in [0.05, 0.1) is 24.5 Å². The van der Waals surface area contributed by atoms with Crippen molar-refractivity contribution in [2.75, 3.05) is 0 Å². The Hall–Kier alpha value is -3.41. The minimum Gasteiger partial charge on any atom is -0.385 e. The quantitative estimate of drug-likeness (QED) is 0.384. The predicted molar refractivity (Wildman–Crippen MR) is 127 cm³/mol. The number of benzene rings is 2. The van der Waals surface area contributed by atoms with E-state index >= 15 is 0 Å². The number of aliphatic hydroxyl groups excluding tert-OH is 2. The fourth-order valence-corrected chi connectivity index (χ4v) is 3.83. The van der Waals surface area contributed by atoms with Crippen LogP contribution in [0, 0.1) is 6.92 Å². The molecule has 12 heteroatoms. The number of imidazole rings is 1. The van der Waals surface area contributed by atoms with Crippen LogP contribution in [0.1, 0.15) is 30.2 Å². The molecule has 0 unspecified atom stereocenters. The Morgan fingerprint density at radius 3 is 2.42 bits per heavy atom. The van der Waals surface area contributed by atoms with Crippen molar-refractivity contribution in [2.45, 2.75) is 45.3 Å². The largest absolute Gasteiger partial charge is 0.416 e. The molecular formula is C24H23ClF3N5O3. The minimum atomic E-state index is -4.91. The Balaban J connectivity index is 1.82. The number of alkyl halides is 3. The van der Waals surface area contributed by atoms with Crippen LogP contribution in [0.2, 0.25) is 5.02 Å². The predicted octanol–water partition coefficient (Wildman–Crippen LogP) is 3.88. The molecule has 190 valence electrons. The number of aromatic nitrogens is 5. The molecule has 36 heavy (non-hydrogen) atoms. The third-order valence-corrected chi connectivity index (χ3v) is 5.79. The number of aliphatic hydroxyl groups is 2. The number of aryl methyl sites for hydroxylation is 1. The zero-order valence-corrected chi connectivity index (χ0v) is 20.1. The molecule has 0 radical (unpaired) electrons. The average molecular weight is 522 g/mol. The van der Waals surface area contributed by atoms with Crippen molar-refractivity contribution in [2.24, 2.45) is 0 Å². The van der Waals surface area contributed by atoms with E-state index in [1.807, 2.05) is 25.1 Å². The average Bonchev–Trinajstić information content (AvgIpc) is 3.36. The molecule has 2 aromatic carbocycles. The van der Waals surface area contributed by atoms with Crippen LogP contribution in [-0.4, -0.2) is 46.4 Å². The van der Waals surface area contributed by atoms with Crippen LogP contribution >= 0.6 is 11.6 Å². The molecule has 0 spiro atoms. The Bertz CT molecular complexity index is 1420. The molecule has 2 atom stereocenters. The van der Waals surface area contributed by atoms with Gasteiger partial charge in [-0.05, 0) is 49.2 Å². The van der Waals surface area contributed by atoms with Crippen molar-refractivity contribution in [3.8, 4) is 16.9 Å². The summed E-state index contributed by atoms with van der Waals surface area (Å²) in [6, 6.07) is 13.6. The first-order valence-electron chi connectivity index (χ1n) is 11.0. The smallest absolute Gasteiger partial charge is 0.385 e. The SMILES string of the molecule is Cc1cccc(-n2nc([C@H](C)O)nc2Cn2cc(-c3ccc(Cl)cc3)n(C[C@H](O)C(F)(F)F)c2=O)c1. The van der Waals surface area contributed by atoms with Crippen molar-refractivity contribution >= 4 is 11.6 Å². The maximum Gasteiger partial charge on any atom is 0.416 e. The number of hydrogen-bond donors (Lipinski definition) is 2. The summed E-state index contributed by atoms with van der Waals surface area (Å²) in [5, 5.41) is 24.5. The summed E-state index contributed by atoms with van der Waals surface area (Å²) < 4.78 is 42.9. The Morgan fingerprint density at radius 1 is 1.11 bits per heavy atom. The second-order valence-corrected chi connectivity index (χ2v) is 8.85. The van der Waals surface area contributed by atoms with Gasteiger partial charge in [0.15, 0.2) is 17.8 Å². The van der Waals surface area contributed by atoms with Crippen LogP contribution in [0.25, 0.3) is 16.9 Å². The summed E-state index contributed by atoms with van der Waals surface area (Å²) in [7, 11) is 0. The van der Waals surface area contributed by atoms with E-state index in [4.69, 9.17) is 11.6 Å². The van der Waals surface area contributed by atoms with Crippen LogP contribution in [0.4, 0.5) is 13.2 Å². The summed E-state index contributed by atoms with van der Waals surface area (Å²) in [5.74, 6) is 0.416. The molecular weight excluding hydrogens is 499 g/mol. The highest BCUT2D eigenvalue weighted by molar-refractivity contribution is 6.30. The van der Waals surface area contributed by atoms with Gasteiger partial charge in [0.25, 0.3) is 0 Å². The van der Waals surface area contributed by atoms with E-state index in [-0.39, 0.29) is 23.9 Å². The van der Waals surface area contributed by atoms with Crippen LogP contribution in [-0.2, 0) is 13.1 Å². The van der Waals surface area contributed by atoms with Gasteiger partial charge in [-0.2, -0.15) is 13.2 Å². The van der Waals surface area contributed by atoms with Crippen molar-refractivity contribution in [1.82, 2.24) is 23.9 Å². The first-order valence-corrected chi connectivity index (χ1v) is 11.3. The van der Waals surface area contributed by atoms with E-state index in [0.29, 0.717) is 16.3 Å². The lowest BCUT2D eigenvalue weighted by molar-refractivity contribution is -0.207. The van der Waals surface area contributed by atoms with E-state index in [1.54, 1.807) is 30.3 Å². The number of rotatable bonds is 7. The maximum atomic E-state index is 13.3. The molecule has 0 amide bonds. The Morgan fingerprint density at radius 2 is 1.81 bits per heavy atom. The highest BCUT2D eigenvalue weighted by Gasteiger charge is 2.39. The lowest BCUT2D eigenvalue weighted by Crippen LogP contribution is -2.37. The molecule has 8 nitrogen and oxygen atoms in total. The van der Waals surface area contributed by atoms with Crippen molar-refractivity contribution < 1.29 is 23.4 Å². The summed E-state index contributed by atoms with van der Waals surface area (Å²) in [6.07, 6.45) is -7.24. The molecule has 0 fully saturated rings. The maximum absolute atomic E-state index is 13.3. The van der Waals surface area contributed by atoms with Gasteiger partial charge in [0.2, 0.25) is 0 Å². The first kappa shape index (κ1) is 25.7. The summed E-state index contributed by atoms with van der Waals surface area (Å²) in [6.45, 7) is 2.25. The van der Waals surface area contributed by atoms with Crippen LogP contribution < -0.4 is 5.69 Å². The van der Waals surface area contributed by atoms with Crippen molar-refractivity contribution in [3.63, 3.8) is 0 Å². The standard InChI is InChI=1S/C24H23ClF3N5O3/c1-14-4-3-5-18(10-14)33-21(29-22(30-33)15(2)34)13-31-11-19(16-6-8-17(25)9-7-16)32(23(31)36)12-20(35)24(26,27)28/h3-11,15,20,34-35H,12-13H2,1-2H3/t15-,20-/m0/s1. The summed E-state index contributed by atoms with van der Waals surface area (Å²) in [5.41, 5.74) is 1.41. The molecule has 0 aliphatic heterocycles. The Labute approximate surface area is 208 Å². The normalized spacial score (nSPS) is 13.7. The summed E-state index contributed by atoms with van der Waals surface area (Å²) in [4.78, 5) is 17.6. The Kier molecular flexibility index (Phi) is 7.07. The molecule has 2 N–H and O–H groups in total. The van der Waals surface area contributed by atoms with Crippen LogP contribution in [0.3, 0.4) is 0 Å². The monoisotopic (exact) mass is 521 g/mol. The molecule has 0 saturated carbocycles. The van der Waals surface area contributed by atoms with E-state index in [2.05, 4.69) is 10.1 Å². The molecule has 4 rings (SSSR count). The van der Waals surface area contributed by atoms with E-state index in [0.717, 1.165) is 10.1 Å². The van der Waals surface area contributed by atoms with Gasteiger partial charge < -0.3 is 10.2 Å². The zero-order valence-electron chi connectivity index (χ0n) is 19.3. The van der Waals surface area contributed by atoms with Gasteiger partial charge in [-0.1, -0.05) is 35.9 Å². The first-order chi connectivity index (χ1) is 16.9. The highest BCUT2D eigenvalue weighted by Crippen LogP contribution is 2.25. The van der Waals surface area contributed by atoms with Gasteiger partial charge in [-0.15, -0.1) is 5.10 Å². The fourth-order valence-electron chi connectivity index (χ4n) is 3.71. The van der Waals surface area contributed by atoms with E-state index in [1.165, 1.54) is 22.4 Å². The molecule has 0 aliphatic carbocycles. The van der Waals surface area contributed by atoms with Gasteiger partial charge in [0.1, 0.15) is 6.10 Å². The third-order valence-electron chi connectivity index (χ3n) is 5.54. The topological polar surface area (TPSA) is 98.1 Å². The number of nitrogens with zero attached hydrogens (tertiary/aromatic N) is 5. The van der Waals surface area contributed by atoms with Crippen molar-refractivity contribution in [3.05, 3.63) is 87.4 Å². The summed E-state index contributed by atoms with van der Waals surface area (Å²) >= 11 is 5.94. The van der Waals surface area contributed by atoms with Crippen molar-refractivity contribution in [1.29, 1.82) is 0 Å². The molecule has 2 heterocycles. The fraction of sp³-hybridized carbons (Fsp3) is 0.292. The second kappa shape index (κ2) is 9.92. The van der Waals surface area contributed by atoms with Crippen LogP contribution in [0.5, 0.6) is 0 Å². The number of halogens is 4. The molecule has 4 aromatic rings. The second-order valence-electron chi connectivity index (χ2n) is 8.41. The van der Waals surface area contributed by atoms with Gasteiger partial charge in [-0.25, -0.2) is 14.5 Å². The van der Waals surface area contributed by atoms with Gasteiger partial charge in [0, 0.05) is 11.2 Å². The zero-order chi connectivity index (χ0) is 26.2. The molecule has 0 saturated heterocycles. The van der Waals surface area contributed by atoms with Crippen LogP contribution in [0.15, 0.2) is 59.5 Å². The molecule has 2 aromatic heterocycles. The van der Waals surface area contributed by atoms with Gasteiger partial charge in [-0.3, -0.25) is 9.13 Å². The lowest BCUT2D eigenvalue weighted by Gasteiger charge is -2.16. The molecule has 0 aliphatic rings. The minimum absolute atomic E-state index is 0.129. The third kappa shape index (κ3) is 5.38. The van der Waals surface area contributed by atoms with Gasteiger partial charge >= 0.3 is 11.9 Å². The number of hydrogen-bond acceptors (Lipinski definition) is 5. The highest BCUT2D eigenvalue weighted by atomic mass is 35.5. The van der Waals surface area contributed by atoms with E-state index < -0.39 is 30.6 Å².